The lowest BCUT2D eigenvalue weighted by atomic mass is 9.92. The Kier molecular flexibility index (Phi) is 3.80. The average molecular weight is 313 g/mol. The molecule has 6 heteroatoms. The van der Waals surface area contributed by atoms with Crippen LogP contribution >= 0.6 is 23.2 Å². The number of nitrogens with zero attached hydrogens (tertiary/aromatic N) is 1. The number of benzene rings is 1. The summed E-state index contributed by atoms with van der Waals surface area (Å²) in [6.45, 7) is 7.29. The van der Waals surface area contributed by atoms with Gasteiger partial charge in [0.2, 0.25) is 0 Å². The summed E-state index contributed by atoms with van der Waals surface area (Å²) in [5.41, 5.74) is 0.0554. The number of carbonyl (C=O) groups is 2. The van der Waals surface area contributed by atoms with Gasteiger partial charge < -0.3 is 5.32 Å². The Morgan fingerprint density at radius 3 is 2.60 bits per heavy atom. The lowest BCUT2D eigenvalue weighted by Gasteiger charge is -2.23. The molecule has 3 amide bonds. The molecule has 106 valence electrons. The van der Waals surface area contributed by atoms with Gasteiger partial charge in [0.25, 0.3) is 5.91 Å². The van der Waals surface area contributed by atoms with Gasteiger partial charge in [-0.05, 0) is 26.0 Å². The third-order valence-electron chi connectivity index (χ3n) is 3.17. The SMILES string of the molecule is C=C(C)CN1C(=O)NC(C)(c2ccc(Cl)cc2Cl)C1=O. The fourth-order valence-electron chi connectivity index (χ4n) is 2.19. The Bertz CT molecular complexity index is 615. The third-order valence-corrected chi connectivity index (χ3v) is 3.72. The highest BCUT2D eigenvalue weighted by Crippen LogP contribution is 2.35. The second-order valence-electron chi connectivity index (χ2n) is 5.03. The first-order valence-corrected chi connectivity index (χ1v) is 6.75. The smallest absolute Gasteiger partial charge is 0.319 e. The highest BCUT2D eigenvalue weighted by molar-refractivity contribution is 6.35. The quantitative estimate of drug-likeness (QED) is 0.687. The number of urea groups is 1. The molecule has 0 aromatic heterocycles. The van der Waals surface area contributed by atoms with Crippen LogP contribution in [0.25, 0.3) is 0 Å². The van der Waals surface area contributed by atoms with Crippen molar-refractivity contribution in [2.75, 3.05) is 6.54 Å². The summed E-state index contributed by atoms with van der Waals surface area (Å²) in [7, 11) is 0. The molecule has 0 radical (unpaired) electrons. The van der Waals surface area contributed by atoms with E-state index in [1.165, 1.54) is 0 Å². The van der Waals surface area contributed by atoms with Crippen LogP contribution < -0.4 is 5.32 Å². The zero-order valence-electron chi connectivity index (χ0n) is 11.2. The fourth-order valence-corrected chi connectivity index (χ4v) is 2.79. The van der Waals surface area contributed by atoms with Crippen molar-refractivity contribution < 1.29 is 9.59 Å². The van der Waals surface area contributed by atoms with E-state index < -0.39 is 11.6 Å². The molecule has 1 saturated heterocycles. The van der Waals surface area contributed by atoms with Crippen molar-refractivity contribution in [3.05, 3.63) is 46.0 Å². The molecule has 20 heavy (non-hydrogen) atoms. The summed E-state index contributed by atoms with van der Waals surface area (Å²) < 4.78 is 0. The Morgan fingerprint density at radius 2 is 2.05 bits per heavy atom. The van der Waals surface area contributed by atoms with Gasteiger partial charge in [0.1, 0.15) is 5.54 Å². The zero-order valence-corrected chi connectivity index (χ0v) is 12.7. The van der Waals surface area contributed by atoms with Gasteiger partial charge in [-0.2, -0.15) is 0 Å². The summed E-state index contributed by atoms with van der Waals surface area (Å²) in [5, 5.41) is 3.49. The predicted molar refractivity (Wildman–Crippen MR) is 78.9 cm³/mol. The lowest BCUT2D eigenvalue weighted by molar-refractivity contribution is -0.130. The van der Waals surface area contributed by atoms with Crippen LogP contribution in [0.15, 0.2) is 30.4 Å². The van der Waals surface area contributed by atoms with Gasteiger partial charge >= 0.3 is 6.03 Å². The second kappa shape index (κ2) is 5.11. The molecule has 1 aliphatic rings. The van der Waals surface area contributed by atoms with Crippen LogP contribution in [0.2, 0.25) is 10.0 Å². The maximum absolute atomic E-state index is 12.5. The van der Waals surface area contributed by atoms with E-state index >= 15 is 0 Å². The summed E-state index contributed by atoms with van der Waals surface area (Å²) in [6.07, 6.45) is 0. The van der Waals surface area contributed by atoms with Crippen molar-refractivity contribution in [2.45, 2.75) is 19.4 Å². The van der Waals surface area contributed by atoms with E-state index in [-0.39, 0.29) is 12.5 Å². The summed E-state index contributed by atoms with van der Waals surface area (Å²) in [6, 6.07) is 4.37. The Balaban J connectivity index is 2.43. The number of carbonyl (C=O) groups excluding carboxylic acids is 2. The second-order valence-corrected chi connectivity index (χ2v) is 5.87. The molecule has 1 aromatic rings. The number of halogens is 2. The Hall–Kier alpha value is -1.52. The standard InChI is InChI=1S/C14H14Cl2N2O2/c1-8(2)7-18-12(19)14(3,17-13(18)20)10-5-4-9(15)6-11(10)16/h4-6H,1,7H2,2-3H3,(H,17,20). The van der Waals surface area contributed by atoms with Crippen LogP contribution in [0.3, 0.4) is 0 Å². The van der Waals surface area contributed by atoms with Crippen molar-refractivity contribution in [3.63, 3.8) is 0 Å². The number of hydrogen-bond donors (Lipinski definition) is 1. The fraction of sp³-hybridized carbons (Fsp3) is 0.286. The largest absolute Gasteiger partial charge is 0.325 e. The Labute approximate surface area is 127 Å². The van der Waals surface area contributed by atoms with E-state index in [2.05, 4.69) is 11.9 Å². The van der Waals surface area contributed by atoms with E-state index in [0.717, 1.165) is 10.5 Å². The molecule has 1 heterocycles. The molecule has 0 aliphatic carbocycles. The maximum atomic E-state index is 12.5. The molecule has 1 fully saturated rings. The van der Waals surface area contributed by atoms with E-state index in [1.807, 2.05) is 0 Å². The van der Waals surface area contributed by atoms with Crippen LogP contribution in [0.4, 0.5) is 4.79 Å². The van der Waals surface area contributed by atoms with Crippen LogP contribution in [0.5, 0.6) is 0 Å². The first-order chi connectivity index (χ1) is 9.25. The van der Waals surface area contributed by atoms with Gasteiger partial charge in [0, 0.05) is 15.6 Å². The van der Waals surface area contributed by atoms with Crippen molar-refractivity contribution in [1.29, 1.82) is 0 Å². The van der Waals surface area contributed by atoms with E-state index in [4.69, 9.17) is 23.2 Å². The number of nitrogens with one attached hydrogen (secondary N) is 1. The summed E-state index contributed by atoms with van der Waals surface area (Å²) >= 11 is 12.0. The molecule has 1 aromatic carbocycles. The van der Waals surface area contributed by atoms with E-state index in [1.54, 1.807) is 32.0 Å². The minimum Gasteiger partial charge on any atom is -0.319 e. The van der Waals surface area contributed by atoms with Gasteiger partial charge in [-0.25, -0.2) is 4.79 Å². The molecule has 1 aliphatic heterocycles. The minimum atomic E-state index is -1.19. The molecule has 1 atom stereocenters. The highest BCUT2D eigenvalue weighted by Gasteiger charge is 2.49. The highest BCUT2D eigenvalue weighted by atomic mass is 35.5. The summed E-state index contributed by atoms with van der Waals surface area (Å²) in [4.78, 5) is 25.6. The van der Waals surface area contributed by atoms with E-state index in [0.29, 0.717) is 15.6 Å². The van der Waals surface area contributed by atoms with Crippen LogP contribution in [0.1, 0.15) is 19.4 Å². The van der Waals surface area contributed by atoms with Gasteiger partial charge in [0.05, 0.1) is 6.54 Å². The molecule has 1 N–H and O–H groups in total. The molecule has 2 rings (SSSR count). The molecule has 0 spiro atoms. The van der Waals surface area contributed by atoms with Gasteiger partial charge in [0.15, 0.2) is 0 Å². The number of amides is 3. The molecule has 1 unspecified atom stereocenters. The van der Waals surface area contributed by atoms with Crippen molar-refractivity contribution in [3.8, 4) is 0 Å². The van der Waals surface area contributed by atoms with Crippen molar-refractivity contribution >= 4 is 35.1 Å². The average Bonchev–Trinajstić information content (AvgIpc) is 2.53. The van der Waals surface area contributed by atoms with Gasteiger partial charge in [-0.15, -0.1) is 0 Å². The Morgan fingerprint density at radius 1 is 1.40 bits per heavy atom. The molecular weight excluding hydrogens is 299 g/mol. The van der Waals surface area contributed by atoms with Gasteiger partial charge in [-0.3, -0.25) is 9.69 Å². The summed E-state index contributed by atoms with van der Waals surface area (Å²) in [5.74, 6) is -0.352. The zero-order chi connectivity index (χ0) is 15.1. The normalized spacial score (nSPS) is 22.1. The van der Waals surface area contributed by atoms with Crippen molar-refractivity contribution in [2.24, 2.45) is 0 Å². The number of rotatable bonds is 3. The molecule has 0 saturated carbocycles. The van der Waals surface area contributed by atoms with Crippen LogP contribution in [0, 0.1) is 0 Å². The predicted octanol–water partition coefficient (Wildman–Crippen LogP) is 3.34. The molecule has 0 bridgehead atoms. The molecular formula is C14H14Cl2N2O2. The van der Waals surface area contributed by atoms with Crippen LogP contribution in [-0.4, -0.2) is 23.4 Å². The third kappa shape index (κ3) is 2.41. The monoisotopic (exact) mass is 312 g/mol. The van der Waals surface area contributed by atoms with Crippen LogP contribution in [-0.2, 0) is 10.3 Å². The lowest BCUT2D eigenvalue weighted by Crippen LogP contribution is -2.41. The maximum Gasteiger partial charge on any atom is 0.325 e. The van der Waals surface area contributed by atoms with E-state index in [9.17, 15) is 9.59 Å². The number of imide groups is 1. The van der Waals surface area contributed by atoms with Crippen molar-refractivity contribution in [1.82, 2.24) is 10.2 Å². The first kappa shape index (κ1) is 14.9. The topological polar surface area (TPSA) is 49.4 Å². The molecule has 4 nitrogen and oxygen atoms in total. The minimum absolute atomic E-state index is 0.186. The number of hydrogen-bond acceptors (Lipinski definition) is 2. The van der Waals surface area contributed by atoms with Gasteiger partial charge in [-0.1, -0.05) is 41.4 Å². The first-order valence-electron chi connectivity index (χ1n) is 5.99.